The highest BCUT2D eigenvalue weighted by molar-refractivity contribution is 5.92. The van der Waals surface area contributed by atoms with Crippen molar-refractivity contribution in [2.75, 3.05) is 0 Å². The van der Waals surface area contributed by atoms with E-state index in [0.29, 0.717) is 24.2 Å². The number of hydrogen-bond donors (Lipinski definition) is 4. The number of rotatable bonds is 5. The Balaban J connectivity index is 1.98. The van der Waals surface area contributed by atoms with Crippen molar-refractivity contribution >= 4 is 5.91 Å². The third-order valence-corrected chi connectivity index (χ3v) is 2.95. The van der Waals surface area contributed by atoms with Crippen LogP contribution < -0.4 is 11.1 Å². The second-order valence-corrected chi connectivity index (χ2v) is 4.45. The van der Waals surface area contributed by atoms with Gasteiger partial charge in [-0.05, 0) is 23.8 Å². The molecule has 5 heteroatoms. The molecule has 2 aromatic carbocycles. The summed E-state index contributed by atoms with van der Waals surface area (Å²) in [6.45, 7) is 0.928. The van der Waals surface area contributed by atoms with Gasteiger partial charge in [-0.15, -0.1) is 0 Å². The summed E-state index contributed by atoms with van der Waals surface area (Å²) in [5.41, 5.74) is 7.21. The third kappa shape index (κ3) is 3.27. The number of aromatic hydroxyl groups is 2. The first-order valence-corrected chi connectivity index (χ1v) is 6.17. The van der Waals surface area contributed by atoms with E-state index in [1.807, 2.05) is 6.07 Å². The third-order valence-electron chi connectivity index (χ3n) is 2.95. The van der Waals surface area contributed by atoms with Gasteiger partial charge in [0.05, 0.1) is 0 Å². The van der Waals surface area contributed by atoms with Crippen LogP contribution in [0.15, 0.2) is 42.5 Å². The maximum atomic E-state index is 11.1. The van der Waals surface area contributed by atoms with Crippen LogP contribution in [0.25, 0.3) is 0 Å². The predicted octanol–water partition coefficient (Wildman–Crippen LogP) is 1.49. The maximum Gasteiger partial charge on any atom is 0.248 e. The fourth-order valence-corrected chi connectivity index (χ4v) is 1.90. The molecular formula is C15H16N2O3. The van der Waals surface area contributed by atoms with Crippen LogP contribution in [0.5, 0.6) is 11.5 Å². The normalized spacial score (nSPS) is 10.4. The van der Waals surface area contributed by atoms with Crippen LogP contribution in [0.2, 0.25) is 0 Å². The molecule has 5 N–H and O–H groups in total. The van der Waals surface area contributed by atoms with Gasteiger partial charge in [-0.2, -0.15) is 0 Å². The number of para-hydroxylation sites is 1. The Morgan fingerprint density at radius 3 is 2.60 bits per heavy atom. The van der Waals surface area contributed by atoms with Crippen molar-refractivity contribution in [2.24, 2.45) is 5.73 Å². The summed E-state index contributed by atoms with van der Waals surface area (Å²) >= 11 is 0. The maximum absolute atomic E-state index is 11.1. The fourth-order valence-electron chi connectivity index (χ4n) is 1.90. The minimum Gasteiger partial charge on any atom is -0.504 e. The number of carbonyl (C=O) groups is 1. The molecule has 20 heavy (non-hydrogen) atoms. The van der Waals surface area contributed by atoms with E-state index < -0.39 is 5.91 Å². The molecule has 0 aliphatic carbocycles. The Morgan fingerprint density at radius 2 is 1.85 bits per heavy atom. The van der Waals surface area contributed by atoms with Crippen LogP contribution in [0.4, 0.5) is 0 Å². The lowest BCUT2D eigenvalue weighted by Gasteiger charge is -2.08. The van der Waals surface area contributed by atoms with Gasteiger partial charge in [0.15, 0.2) is 11.5 Å². The number of hydrogen-bond acceptors (Lipinski definition) is 4. The zero-order chi connectivity index (χ0) is 14.5. The van der Waals surface area contributed by atoms with Gasteiger partial charge < -0.3 is 21.3 Å². The average molecular weight is 272 g/mol. The average Bonchev–Trinajstić information content (AvgIpc) is 2.44. The van der Waals surface area contributed by atoms with E-state index in [2.05, 4.69) is 5.32 Å². The van der Waals surface area contributed by atoms with Crippen LogP contribution >= 0.6 is 0 Å². The van der Waals surface area contributed by atoms with Gasteiger partial charge in [-0.25, -0.2) is 0 Å². The largest absolute Gasteiger partial charge is 0.504 e. The Hall–Kier alpha value is -2.53. The van der Waals surface area contributed by atoms with Gasteiger partial charge in [0.1, 0.15) is 0 Å². The van der Waals surface area contributed by atoms with Crippen LogP contribution in [0.3, 0.4) is 0 Å². The zero-order valence-corrected chi connectivity index (χ0v) is 10.8. The number of primary amides is 1. The first-order valence-electron chi connectivity index (χ1n) is 6.17. The lowest BCUT2D eigenvalue weighted by atomic mass is 10.1. The summed E-state index contributed by atoms with van der Waals surface area (Å²) in [6.07, 6.45) is 0. The smallest absolute Gasteiger partial charge is 0.248 e. The molecule has 0 heterocycles. The second-order valence-electron chi connectivity index (χ2n) is 4.45. The molecule has 5 nitrogen and oxygen atoms in total. The molecule has 0 aromatic heterocycles. The minimum absolute atomic E-state index is 0.120. The van der Waals surface area contributed by atoms with Gasteiger partial charge in [0.2, 0.25) is 5.91 Å². The first-order chi connectivity index (χ1) is 9.58. The van der Waals surface area contributed by atoms with Crippen LogP contribution in [0.1, 0.15) is 21.5 Å². The van der Waals surface area contributed by atoms with E-state index in [1.165, 1.54) is 6.07 Å². The van der Waals surface area contributed by atoms with Crippen molar-refractivity contribution in [3.63, 3.8) is 0 Å². The number of benzene rings is 2. The van der Waals surface area contributed by atoms with Crippen molar-refractivity contribution in [1.29, 1.82) is 0 Å². The molecule has 2 aromatic rings. The molecule has 0 saturated carbocycles. The van der Waals surface area contributed by atoms with Gasteiger partial charge in [0.25, 0.3) is 0 Å². The molecule has 1 amide bonds. The first kappa shape index (κ1) is 13.9. The standard InChI is InChI=1S/C15H16N2O3/c16-15(20)11-4-1-3-10(7-11)8-17-9-12-5-2-6-13(18)14(12)19/h1-7,17-19H,8-9H2,(H2,16,20). The molecule has 0 fully saturated rings. The predicted molar refractivity (Wildman–Crippen MR) is 75.3 cm³/mol. The Kier molecular flexibility index (Phi) is 4.22. The molecule has 2 rings (SSSR count). The quantitative estimate of drug-likeness (QED) is 0.620. The van der Waals surface area contributed by atoms with Gasteiger partial charge >= 0.3 is 0 Å². The van der Waals surface area contributed by atoms with Crippen LogP contribution in [-0.2, 0) is 13.1 Å². The summed E-state index contributed by atoms with van der Waals surface area (Å²) in [5, 5.41) is 22.2. The number of carbonyl (C=O) groups excluding carboxylic acids is 1. The van der Waals surface area contributed by atoms with E-state index in [1.54, 1.807) is 30.3 Å². The molecule has 0 unspecified atom stereocenters. The highest BCUT2D eigenvalue weighted by atomic mass is 16.3. The molecule has 0 saturated heterocycles. The van der Waals surface area contributed by atoms with E-state index in [9.17, 15) is 15.0 Å². The van der Waals surface area contributed by atoms with Crippen molar-refractivity contribution < 1.29 is 15.0 Å². The number of amides is 1. The van der Waals surface area contributed by atoms with Gasteiger partial charge in [-0.3, -0.25) is 4.79 Å². The van der Waals surface area contributed by atoms with Crippen molar-refractivity contribution in [3.8, 4) is 11.5 Å². The Labute approximate surface area is 116 Å². The van der Waals surface area contributed by atoms with Gasteiger partial charge in [0, 0.05) is 24.2 Å². The molecule has 0 radical (unpaired) electrons. The van der Waals surface area contributed by atoms with Crippen LogP contribution in [-0.4, -0.2) is 16.1 Å². The number of phenols is 2. The van der Waals surface area contributed by atoms with Gasteiger partial charge in [-0.1, -0.05) is 24.3 Å². The van der Waals surface area contributed by atoms with E-state index in [0.717, 1.165) is 5.56 Å². The summed E-state index contributed by atoms with van der Waals surface area (Å²) in [4.78, 5) is 11.1. The summed E-state index contributed by atoms with van der Waals surface area (Å²) in [6, 6.07) is 11.8. The van der Waals surface area contributed by atoms with Crippen molar-refractivity contribution in [3.05, 3.63) is 59.2 Å². The molecule has 0 spiro atoms. The lowest BCUT2D eigenvalue weighted by Crippen LogP contribution is -2.15. The van der Waals surface area contributed by atoms with Crippen molar-refractivity contribution in [1.82, 2.24) is 5.32 Å². The minimum atomic E-state index is -0.461. The number of phenolic OH excluding ortho intramolecular Hbond substituents is 2. The molecule has 0 aliphatic heterocycles. The SMILES string of the molecule is NC(=O)c1cccc(CNCc2cccc(O)c2O)c1. The molecule has 0 aliphatic rings. The number of nitrogens with two attached hydrogens (primary N) is 1. The van der Waals surface area contributed by atoms with E-state index in [4.69, 9.17) is 5.73 Å². The lowest BCUT2D eigenvalue weighted by molar-refractivity contribution is 0.1000. The molecule has 0 atom stereocenters. The van der Waals surface area contributed by atoms with E-state index in [-0.39, 0.29) is 11.5 Å². The highest BCUT2D eigenvalue weighted by Gasteiger charge is 2.05. The monoisotopic (exact) mass is 272 g/mol. The zero-order valence-electron chi connectivity index (χ0n) is 10.8. The van der Waals surface area contributed by atoms with Crippen molar-refractivity contribution in [2.45, 2.75) is 13.1 Å². The van der Waals surface area contributed by atoms with Crippen LogP contribution in [0, 0.1) is 0 Å². The second kappa shape index (κ2) is 6.08. The summed E-state index contributed by atoms with van der Waals surface area (Å²) < 4.78 is 0. The molecule has 104 valence electrons. The highest BCUT2D eigenvalue weighted by Crippen LogP contribution is 2.27. The van der Waals surface area contributed by atoms with E-state index >= 15 is 0 Å². The fraction of sp³-hybridized carbons (Fsp3) is 0.133. The summed E-state index contributed by atoms with van der Waals surface area (Å²) in [5.74, 6) is -0.719. The number of nitrogens with one attached hydrogen (secondary N) is 1. The molecule has 0 bridgehead atoms. The Morgan fingerprint density at radius 1 is 1.10 bits per heavy atom. The molecular weight excluding hydrogens is 256 g/mol. The Bertz CT molecular complexity index is 626. The summed E-state index contributed by atoms with van der Waals surface area (Å²) in [7, 11) is 0. The topological polar surface area (TPSA) is 95.6 Å².